The molecule has 0 amide bonds. The van der Waals surface area contributed by atoms with Crippen molar-refractivity contribution in [3.8, 4) is 22.3 Å². The number of halogens is 1. The lowest BCUT2D eigenvalue weighted by molar-refractivity contribution is 1.53. The maximum absolute atomic E-state index is 3.62. The maximum Gasteiger partial charge on any atom is 0.0464 e. The predicted octanol–water partition coefficient (Wildman–Crippen LogP) is 8.52. The minimum Gasteiger partial charge on any atom is -0.355 e. The summed E-state index contributed by atoms with van der Waals surface area (Å²) >= 11 is 2.34. The summed E-state index contributed by atoms with van der Waals surface area (Å²) in [6, 6.07) is 40.8. The van der Waals surface area contributed by atoms with Crippen LogP contribution in [0.1, 0.15) is 0 Å². The van der Waals surface area contributed by atoms with E-state index in [1.165, 1.54) is 36.6 Å². The molecule has 0 heterocycles. The number of anilines is 2. The lowest BCUT2D eigenvalue weighted by atomic mass is 9.97. The van der Waals surface area contributed by atoms with Gasteiger partial charge in [-0.25, -0.2) is 0 Å². The van der Waals surface area contributed by atoms with E-state index in [2.05, 4.69) is 143 Å². The normalized spacial score (nSPS) is 10.8. The second-order valence-corrected chi connectivity index (χ2v) is 8.53. The van der Waals surface area contributed by atoms with Crippen LogP contribution in [0.25, 0.3) is 33.0 Å². The number of hydrogen-bond acceptors (Lipinski definition) is 1. The summed E-state index contributed by atoms with van der Waals surface area (Å²) in [6.45, 7) is 0. The van der Waals surface area contributed by atoms with Crippen LogP contribution in [0.3, 0.4) is 0 Å². The highest BCUT2D eigenvalue weighted by atomic mass is 127. The topological polar surface area (TPSA) is 12.0 Å². The molecule has 0 radical (unpaired) electrons. The number of fused-ring (bicyclic) bond motifs is 1. The Balaban J connectivity index is 1.48. The molecule has 0 unspecified atom stereocenters. The van der Waals surface area contributed by atoms with E-state index in [9.17, 15) is 0 Å². The van der Waals surface area contributed by atoms with Crippen LogP contribution in [0, 0.1) is 3.57 Å². The zero-order valence-corrected chi connectivity index (χ0v) is 18.5. The predicted molar refractivity (Wildman–Crippen MR) is 137 cm³/mol. The smallest absolute Gasteiger partial charge is 0.0464 e. The maximum atomic E-state index is 3.62. The molecule has 0 fully saturated rings. The van der Waals surface area contributed by atoms with Crippen LogP contribution in [0.15, 0.2) is 115 Å². The van der Waals surface area contributed by atoms with E-state index in [1.807, 2.05) is 0 Å². The lowest BCUT2D eigenvalue weighted by Gasteiger charge is -2.14. The highest BCUT2D eigenvalue weighted by Crippen LogP contribution is 2.35. The molecule has 30 heavy (non-hydrogen) atoms. The quantitative estimate of drug-likeness (QED) is 0.246. The highest BCUT2D eigenvalue weighted by Gasteiger charge is 2.08. The molecule has 0 aliphatic carbocycles. The van der Waals surface area contributed by atoms with E-state index in [0.29, 0.717) is 0 Å². The van der Waals surface area contributed by atoms with Crippen LogP contribution in [-0.2, 0) is 0 Å². The Morgan fingerprint density at radius 2 is 1.10 bits per heavy atom. The third-order valence-electron chi connectivity index (χ3n) is 5.35. The van der Waals surface area contributed by atoms with Gasteiger partial charge >= 0.3 is 0 Å². The Kier molecular flexibility index (Phi) is 5.24. The van der Waals surface area contributed by atoms with Gasteiger partial charge in [-0.3, -0.25) is 0 Å². The summed E-state index contributed by atoms with van der Waals surface area (Å²) in [5.74, 6) is 0. The fraction of sp³-hybridized carbons (Fsp3) is 0. The summed E-state index contributed by atoms with van der Waals surface area (Å²) in [5, 5.41) is 6.15. The summed E-state index contributed by atoms with van der Waals surface area (Å²) in [6.07, 6.45) is 0. The molecule has 0 aliphatic heterocycles. The first-order chi connectivity index (χ1) is 14.8. The zero-order valence-electron chi connectivity index (χ0n) is 16.3. The third kappa shape index (κ3) is 3.83. The van der Waals surface area contributed by atoms with Crippen molar-refractivity contribution in [3.05, 3.63) is 119 Å². The van der Waals surface area contributed by atoms with Gasteiger partial charge in [-0.2, -0.15) is 0 Å². The molecule has 1 nitrogen and oxygen atoms in total. The number of hydrogen-bond donors (Lipinski definition) is 1. The number of benzene rings is 5. The van der Waals surface area contributed by atoms with Crippen LogP contribution in [0.2, 0.25) is 0 Å². The van der Waals surface area contributed by atoms with Crippen LogP contribution in [0.5, 0.6) is 0 Å². The van der Waals surface area contributed by atoms with Crippen molar-refractivity contribution < 1.29 is 0 Å². The van der Waals surface area contributed by atoms with Gasteiger partial charge in [0.1, 0.15) is 0 Å². The van der Waals surface area contributed by atoms with Crippen LogP contribution in [-0.4, -0.2) is 0 Å². The molecule has 5 aromatic carbocycles. The molecule has 2 heteroatoms. The van der Waals surface area contributed by atoms with E-state index >= 15 is 0 Å². The minimum absolute atomic E-state index is 1.08. The Bertz CT molecular complexity index is 1300. The highest BCUT2D eigenvalue weighted by molar-refractivity contribution is 14.1. The Hall–Kier alpha value is -3.11. The first kappa shape index (κ1) is 18.9. The monoisotopic (exact) mass is 497 g/mol. The van der Waals surface area contributed by atoms with Crippen LogP contribution < -0.4 is 5.32 Å². The summed E-state index contributed by atoms with van der Waals surface area (Å²) < 4.78 is 1.25. The molecule has 0 bridgehead atoms. The van der Waals surface area contributed by atoms with Gasteiger partial charge < -0.3 is 5.32 Å². The average Bonchev–Trinajstić information content (AvgIpc) is 2.80. The van der Waals surface area contributed by atoms with E-state index in [1.54, 1.807) is 0 Å². The third-order valence-corrected chi connectivity index (χ3v) is 6.07. The number of para-hydroxylation sites is 1. The molecule has 0 aromatic heterocycles. The first-order valence-electron chi connectivity index (χ1n) is 9.98. The van der Waals surface area contributed by atoms with Crippen molar-refractivity contribution in [2.45, 2.75) is 0 Å². The van der Waals surface area contributed by atoms with E-state index in [-0.39, 0.29) is 0 Å². The van der Waals surface area contributed by atoms with Crippen molar-refractivity contribution in [2.75, 3.05) is 5.32 Å². The Morgan fingerprint density at radius 1 is 0.500 bits per heavy atom. The van der Waals surface area contributed by atoms with E-state index in [0.717, 1.165) is 11.4 Å². The SMILES string of the molecule is Ic1ccc(-c2ccc(Nc3ccccc3-c3cccc4ccccc34)cc2)cc1. The molecule has 0 aliphatic rings. The summed E-state index contributed by atoms with van der Waals surface area (Å²) in [4.78, 5) is 0. The fourth-order valence-corrected chi connectivity index (χ4v) is 4.19. The van der Waals surface area contributed by atoms with Gasteiger partial charge in [-0.1, -0.05) is 84.9 Å². The Morgan fingerprint density at radius 3 is 1.90 bits per heavy atom. The second-order valence-electron chi connectivity index (χ2n) is 7.28. The molecule has 0 atom stereocenters. The standard InChI is InChI=1S/C28H20IN/c29-23-16-12-20(13-17-23)21-14-18-24(19-15-21)30-28-11-4-3-9-27(28)26-10-5-7-22-6-1-2-8-25(22)26/h1-19,30H. The summed E-state index contributed by atoms with van der Waals surface area (Å²) in [7, 11) is 0. The molecule has 5 rings (SSSR count). The van der Waals surface area contributed by atoms with Gasteiger partial charge in [0, 0.05) is 20.5 Å². The minimum atomic E-state index is 1.08. The Labute approximate surface area is 190 Å². The molecule has 5 aromatic rings. The molecule has 0 spiro atoms. The number of nitrogens with one attached hydrogen (secondary N) is 1. The van der Waals surface area contributed by atoms with Gasteiger partial charge in [0.2, 0.25) is 0 Å². The molecule has 1 N–H and O–H groups in total. The van der Waals surface area contributed by atoms with Gasteiger partial charge in [-0.05, 0) is 80.4 Å². The molecule has 144 valence electrons. The number of rotatable bonds is 4. The zero-order chi connectivity index (χ0) is 20.3. The van der Waals surface area contributed by atoms with E-state index < -0.39 is 0 Å². The van der Waals surface area contributed by atoms with Gasteiger partial charge in [-0.15, -0.1) is 0 Å². The first-order valence-corrected chi connectivity index (χ1v) is 11.1. The van der Waals surface area contributed by atoms with E-state index in [4.69, 9.17) is 0 Å². The average molecular weight is 497 g/mol. The molecule has 0 saturated heterocycles. The van der Waals surface area contributed by atoms with Crippen LogP contribution >= 0.6 is 22.6 Å². The van der Waals surface area contributed by atoms with Gasteiger partial charge in [0.25, 0.3) is 0 Å². The second kappa shape index (κ2) is 8.33. The van der Waals surface area contributed by atoms with Crippen molar-refractivity contribution >= 4 is 44.7 Å². The van der Waals surface area contributed by atoms with Crippen molar-refractivity contribution in [3.63, 3.8) is 0 Å². The van der Waals surface area contributed by atoms with Gasteiger partial charge in [0.05, 0.1) is 0 Å². The van der Waals surface area contributed by atoms with Crippen molar-refractivity contribution in [2.24, 2.45) is 0 Å². The lowest BCUT2D eigenvalue weighted by Crippen LogP contribution is -1.94. The van der Waals surface area contributed by atoms with Crippen LogP contribution in [0.4, 0.5) is 11.4 Å². The fourth-order valence-electron chi connectivity index (χ4n) is 3.83. The van der Waals surface area contributed by atoms with Crippen molar-refractivity contribution in [1.82, 2.24) is 0 Å². The molecule has 0 saturated carbocycles. The van der Waals surface area contributed by atoms with Crippen molar-refractivity contribution in [1.29, 1.82) is 0 Å². The molecular formula is C28H20IN. The largest absolute Gasteiger partial charge is 0.355 e. The molecular weight excluding hydrogens is 477 g/mol. The summed E-state index contributed by atoms with van der Waals surface area (Å²) in [5.41, 5.74) is 7.09. The van der Waals surface area contributed by atoms with Gasteiger partial charge in [0.15, 0.2) is 0 Å².